The molecule has 0 amide bonds. The van der Waals surface area contributed by atoms with Crippen LogP contribution in [0.5, 0.6) is 5.75 Å². The number of pyridine rings is 2. The Bertz CT molecular complexity index is 927. The number of morpholine rings is 1. The Morgan fingerprint density at radius 1 is 1.17 bits per heavy atom. The highest BCUT2D eigenvalue weighted by Crippen LogP contribution is 2.45. The van der Waals surface area contributed by atoms with E-state index in [1.165, 1.54) is 0 Å². The molecule has 0 aliphatic carbocycles. The van der Waals surface area contributed by atoms with Gasteiger partial charge in [-0.2, -0.15) is 13.2 Å². The van der Waals surface area contributed by atoms with E-state index >= 15 is 0 Å². The summed E-state index contributed by atoms with van der Waals surface area (Å²) in [6.07, 6.45) is -2.96. The summed E-state index contributed by atoms with van der Waals surface area (Å²) < 4.78 is 52.3. The van der Waals surface area contributed by atoms with Crippen LogP contribution in [0.3, 0.4) is 0 Å². The van der Waals surface area contributed by atoms with E-state index in [4.69, 9.17) is 9.47 Å². The van der Waals surface area contributed by atoms with E-state index in [-0.39, 0.29) is 24.0 Å². The first-order chi connectivity index (χ1) is 14.0. The molecule has 2 N–H and O–H groups in total. The first-order valence-corrected chi connectivity index (χ1v) is 9.54. The van der Waals surface area contributed by atoms with Crippen LogP contribution >= 0.6 is 0 Å². The zero-order valence-corrected chi connectivity index (χ0v) is 15.6. The molecule has 2 aromatic rings. The molecule has 7 nitrogen and oxygen atoms in total. The predicted octanol–water partition coefficient (Wildman–Crippen LogP) is 2.65. The van der Waals surface area contributed by atoms with Gasteiger partial charge in [0.05, 0.1) is 24.5 Å². The van der Waals surface area contributed by atoms with Crippen LogP contribution < -0.4 is 20.3 Å². The van der Waals surface area contributed by atoms with Crippen LogP contribution in [0, 0.1) is 0 Å². The van der Waals surface area contributed by atoms with E-state index in [9.17, 15) is 13.2 Å². The molecule has 5 rings (SSSR count). The number of halogens is 3. The van der Waals surface area contributed by atoms with Crippen LogP contribution in [0.1, 0.15) is 22.9 Å². The number of aromatic nitrogens is 2. The van der Waals surface area contributed by atoms with Crippen molar-refractivity contribution in [2.75, 3.05) is 49.6 Å². The van der Waals surface area contributed by atoms with Gasteiger partial charge >= 0.3 is 6.18 Å². The van der Waals surface area contributed by atoms with Gasteiger partial charge in [0, 0.05) is 49.7 Å². The van der Waals surface area contributed by atoms with Gasteiger partial charge in [0.15, 0.2) is 11.4 Å². The van der Waals surface area contributed by atoms with Crippen molar-refractivity contribution in [3.63, 3.8) is 0 Å². The molecule has 3 aliphatic heterocycles. The molecule has 2 fully saturated rings. The fourth-order valence-corrected chi connectivity index (χ4v) is 3.80. The van der Waals surface area contributed by atoms with Crippen molar-refractivity contribution in [3.8, 4) is 5.75 Å². The SMILES string of the molecule is FC(F)(F)c1nc(C2CNC2)cc2c1OCc1c(N3CCOCC3)ccnc1N2. The lowest BCUT2D eigenvalue weighted by molar-refractivity contribution is -0.142. The normalized spacial score (nSPS) is 19.3. The number of hydrogen-bond donors (Lipinski definition) is 2. The molecule has 10 heteroatoms. The summed E-state index contributed by atoms with van der Waals surface area (Å²) in [6, 6.07) is 3.51. The van der Waals surface area contributed by atoms with Crippen molar-refractivity contribution in [3.05, 3.63) is 35.3 Å². The van der Waals surface area contributed by atoms with Gasteiger partial charge in [-0.25, -0.2) is 9.97 Å². The number of nitrogens with one attached hydrogen (secondary N) is 2. The van der Waals surface area contributed by atoms with Gasteiger partial charge in [-0.1, -0.05) is 0 Å². The van der Waals surface area contributed by atoms with E-state index in [2.05, 4.69) is 25.5 Å². The number of ether oxygens (including phenoxy) is 2. The Hall–Kier alpha value is -2.59. The zero-order valence-electron chi connectivity index (χ0n) is 15.6. The van der Waals surface area contributed by atoms with Gasteiger partial charge in [0.25, 0.3) is 0 Å². The second-order valence-electron chi connectivity index (χ2n) is 7.30. The number of hydrogen-bond acceptors (Lipinski definition) is 7. The van der Waals surface area contributed by atoms with Crippen LogP contribution in [-0.2, 0) is 17.5 Å². The molecule has 2 aromatic heterocycles. The van der Waals surface area contributed by atoms with E-state index < -0.39 is 11.9 Å². The predicted molar refractivity (Wildman–Crippen MR) is 99.7 cm³/mol. The molecule has 29 heavy (non-hydrogen) atoms. The fraction of sp³-hybridized carbons (Fsp3) is 0.474. The minimum Gasteiger partial charge on any atom is -0.484 e. The molecule has 3 aliphatic rings. The highest BCUT2D eigenvalue weighted by Gasteiger charge is 2.40. The average molecular weight is 407 g/mol. The molecular weight excluding hydrogens is 387 g/mol. The minimum absolute atomic E-state index is 0.0229. The quantitative estimate of drug-likeness (QED) is 0.793. The molecule has 0 radical (unpaired) electrons. The van der Waals surface area contributed by atoms with Gasteiger partial charge in [-0.15, -0.1) is 0 Å². The van der Waals surface area contributed by atoms with Crippen LogP contribution in [0.2, 0.25) is 0 Å². The second-order valence-corrected chi connectivity index (χ2v) is 7.30. The summed E-state index contributed by atoms with van der Waals surface area (Å²) in [5.74, 6) is 0.183. The maximum absolute atomic E-state index is 13.7. The highest BCUT2D eigenvalue weighted by atomic mass is 19.4. The number of fused-ring (bicyclic) bond motifs is 2. The molecule has 0 saturated carbocycles. The number of nitrogens with zero attached hydrogens (tertiary/aromatic N) is 3. The van der Waals surface area contributed by atoms with E-state index in [1.54, 1.807) is 12.3 Å². The zero-order chi connectivity index (χ0) is 20.0. The first kappa shape index (κ1) is 18.4. The lowest BCUT2D eigenvalue weighted by Crippen LogP contribution is -2.40. The summed E-state index contributed by atoms with van der Waals surface area (Å²) in [5.41, 5.74) is 1.28. The van der Waals surface area contributed by atoms with Crippen molar-refractivity contribution in [2.24, 2.45) is 0 Å². The molecule has 0 aromatic carbocycles. The Balaban J connectivity index is 1.57. The van der Waals surface area contributed by atoms with E-state index in [0.717, 1.165) is 11.3 Å². The molecule has 5 heterocycles. The van der Waals surface area contributed by atoms with Crippen molar-refractivity contribution in [1.82, 2.24) is 15.3 Å². The Kier molecular flexibility index (Phi) is 4.47. The summed E-state index contributed by atoms with van der Waals surface area (Å²) in [7, 11) is 0. The van der Waals surface area contributed by atoms with Gasteiger partial charge in [0.1, 0.15) is 12.4 Å². The third-order valence-corrected chi connectivity index (χ3v) is 5.46. The summed E-state index contributed by atoms with van der Waals surface area (Å²) in [5, 5.41) is 6.15. The van der Waals surface area contributed by atoms with Gasteiger partial charge < -0.3 is 25.0 Å². The average Bonchev–Trinajstić information content (AvgIpc) is 2.85. The first-order valence-electron chi connectivity index (χ1n) is 9.54. The molecule has 154 valence electrons. The molecule has 0 unspecified atom stereocenters. The molecule has 0 bridgehead atoms. The maximum atomic E-state index is 13.7. The largest absolute Gasteiger partial charge is 0.484 e. The minimum atomic E-state index is -4.62. The van der Waals surface area contributed by atoms with Crippen LogP contribution in [0.15, 0.2) is 18.3 Å². The van der Waals surface area contributed by atoms with Crippen molar-refractivity contribution in [1.29, 1.82) is 0 Å². The monoisotopic (exact) mass is 407 g/mol. The molecule has 0 spiro atoms. The standard InChI is InChI=1S/C19H20F3N5O2/c20-19(21,22)17-16-14(7-13(25-17)11-8-23-9-11)26-18-12(10-29-16)15(1-2-24-18)27-3-5-28-6-4-27/h1-2,7,11,23H,3-6,8-10H2,(H,24,26). The van der Waals surface area contributed by atoms with E-state index in [0.29, 0.717) is 50.9 Å². The highest BCUT2D eigenvalue weighted by molar-refractivity contribution is 5.74. The van der Waals surface area contributed by atoms with E-state index in [1.807, 2.05) is 6.07 Å². The van der Waals surface area contributed by atoms with Crippen LogP contribution in [-0.4, -0.2) is 49.4 Å². The van der Waals surface area contributed by atoms with Gasteiger partial charge in [0.2, 0.25) is 0 Å². The summed E-state index contributed by atoms with van der Waals surface area (Å²) in [6.45, 7) is 3.82. The lowest BCUT2D eigenvalue weighted by Gasteiger charge is -2.30. The number of rotatable bonds is 2. The third kappa shape index (κ3) is 3.36. The maximum Gasteiger partial charge on any atom is 0.437 e. The lowest BCUT2D eigenvalue weighted by atomic mass is 9.97. The number of alkyl halides is 3. The van der Waals surface area contributed by atoms with Crippen molar-refractivity contribution < 1.29 is 22.6 Å². The second kappa shape index (κ2) is 7.03. The molecule has 2 saturated heterocycles. The molecule has 0 atom stereocenters. The van der Waals surface area contributed by atoms with Crippen LogP contribution in [0.25, 0.3) is 0 Å². The molecular formula is C19H20F3N5O2. The van der Waals surface area contributed by atoms with Crippen molar-refractivity contribution >= 4 is 17.2 Å². The summed E-state index contributed by atoms with van der Waals surface area (Å²) in [4.78, 5) is 10.4. The third-order valence-electron chi connectivity index (χ3n) is 5.46. The van der Waals surface area contributed by atoms with Gasteiger partial charge in [-0.3, -0.25) is 0 Å². The van der Waals surface area contributed by atoms with Crippen LogP contribution in [0.4, 0.5) is 30.4 Å². The van der Waals surface area contributed by atoms with Gasteiger partial charge in [-0.05, 0) is 12.1 Å². The smallest absolute Gasteiger partial charge is 0.437 e. The number of anilines is 3. The Labute approximate surface area is 165 Å². The topological polar surface area (TPSA) is 71.5 Å². The fourth-order valence-electron chi connectivity index (χ4n) is 3.80. The summed E-state index contributed by atoms with van der Waals surface area (Å²) >= 11 is 0. The van der Waals surface area contributed by atoms with Crippen molar-refractivity contribution in [2.45, 2.75) is 18.7 Å². The Morgan fingerprint density at radius 2 is 1.97 bits per heavy atom. The Morgan fingerprint density at radius 3 is 2.66 bits per heavy atom.